The predicted molar refractivity (Wildman–Crippen MR) is 68.8 cm³/mol. The summed E-state index contributed by atoms with van der Waals surface area (Å²) in [4.78, 5) is 24.1. The van der Waals surface area contributed by atoms with E-state index in [-0.39, 0.29) is 30.1 Å². The highest BCUT2D eigenvalue weighted by Gasteiger charge is 2.31. The second kappa shape index (κ2) is 5.88. The Morgan fingerprint density at radius 2 is 2.14 bits per heavy atom. The van der Waals surface area contributed by atoms with Gasteiger partial charge in [-0.05, 0) is 12.1 Å². The van der Waals surface area contributed by atoms with Crippen LogP contribution in [0.5, 0.6) is 0 Å². The van der Waals surface area contributed by atoms with Crippen molar-refractivity contribution in [3.05, 3.63) is 41.1 Å². The highest BCUT2D eigenvalue weighted by molar-refractivity contribution is 6.01. The molecule has 0 bridgehead atoms. The van der Waals surface area contributed by atoms with Gasteiger partial charge >= 0.3 is 12.0 Å². The molecular formula is C13H12F2N2O4. The minimum atomic E-state index is -1.23. The fraction of sp³-hybridized carbons (Fsp3) is 0.231. The van der Waals surface area contributed by atoms with Crippen molar-refractivity contribution in [3.63, 3.8) is 0 Å². The minimum Gasteiger partial charge on any atom is -0.478 e. The van der Waals surface area contributed by atoms with Crippen molar-refractivity contribution in [2.24, 2.45) is 0 Å². The zero-order chi connectivity index (χ0) is 15.6. The quantitative estimate of drug-likeness (QED) is 0.882. The number of urea groups is 1. The Kier molecular flexibility index (Phi) is 4.18. The number of nitrogens with zero attached hydrogens (tertiary/aromatic N) is 1. The van der Waals surface area contributed by atoms with E-state index in [0.29, 0.717) is 0 Å². The summed E-state index contributed by atoms with van der Waals surface area (Å²) in [6.45, 7) is -0.332. The van der Waals surface area contributed by atoms with E-state index in [9.17, 15) is 18.4 Å². The van der Waals surface area contributed by atoms with Crippen molar-refractivity contribution in [3.8, 4) is 0 Å². The molecule has 1 aliphatic rings. The molecule has 0 aromatic heterocycles. The number of hydrogen-bond donors (Lipinski definition) is 2. The van der Waals surface area contributed by atoms with Gasteiger partial charge in [-0.15, -0.1) is 0 Å². The van der Waals surface area contributed by atoms with E-state index in [1.54, 1.807) is 0 Å². The maximum Gasteiger partial charge on any atom is 0.335 e. The van der Waals surface area contributed by atoms with Gasteiger partial charge in [-0.2, -0.15) is 0 Å². The molecule has 2 amide bonds. The molecule has 1 aliphatic heterocycles. The van der Waals surface area contributed by atoms with Gasteiger partial charge in [0.25, 0.3) is 0 Å². The minimum absolute atomic E-state index is 0.0110. The molecule has 1 heterocycles. The second-order valence-electron chi connectivity index (χ2n) is 4.26. The summed E-state index contributed by atoms with van der Waals surface area (Å²) in [6.07, 6.45) is 0. The van der Waals surface area contributed by atoms with E-state index in [1.165, 1.54) is 13.2 Å². The first kappa shape index (κ1) is 14.9. The average molecular weight is 298 g/mol. The molecule has 0 atom stereocenters. The molecule has 1 aromatic carbocycles. The summed E-state index contributed by atoms with van der Waals surface area (Å²) < 4.78 is 31.2. The van der Waals surface area contributed by atoms with Crippen LogP contribution in [0.3, 0.4) is 0 Å². The number of nitrogens with one attached hydrogen (secondary N) is 1. The van der Waals surface area contributed by atoms with Crippen LogP contribution in [0.25, 0.3) is 0 Å². The first-order valence-electron chi connectivity index (χ1n) is 5.93. The molecule has 2 rings (SSSR count). The number of hydrogen-bond acceptors (Lipinski definition) is 3. The third kappa shape index (κ3) is 2.84. The van der Waals surface area contributed by atoms with Crippen LogP contribution in [0.4, 0.5) is 19.3 Å². The van der Waals surface area contributed by atoms with E-state index >= 15 is 0 Å². The Labute approximate surface area is 118 Å². The highest BCUT2D eigenvalue weighted by Crippen LogP contribution is 2.26. The van der Waals surface area contributed by atoms with Crippen molar-refractivity contribution in [1.82, 2.24) is 5.32 Å². The monoisotopic (exact) mass is 298 g/mol. The molecule has 0 saturated carbocycles. The summed E-state index contributed by atoms with van der Waals surface area (Å²) >= 11 is 0. The summed E-state index contributed by atoms with van der Waals surface area (Å²) in [5.74, 6) is -3.43. The van der Waals surface area contributed by atoms with E-state index < -0.39 is 23.6 Å². The molecule has 112 valence electrons. The number of benzene rings is 1. The number of methoxy groups -OCH3 is 1. The number of carboxylic acids is 1. The van der Waals surface area contributed by atoms with Crippen molar-refractivity contribution in [2.45, 2.75) is 0 Å². The molecule has 2 N–H and O–H groups in total. The number of carboxylic acid groups (broad SMARTS) is 1. The number of halogens is 2. The van der Waals surface area contributed by atoms with Crippen LogP contribution in [0, 0.1) is 11.6 Å². The van der Waals surface area contributed by atoms with Crippen LogP contribution in [0.15, 0.2) is 29.5 Å². The highest BCUT2D eigenvalue weighted by atomic mass is 19.2. The lowest BCUT2D eigenvalue weighted by Gasteiger charge is -2.31. The van der Waals surface area contributed by atoms with Gasteiger partial charge in [0.15, 0.2) is 11.6 Å². The first-order valence-corrected chi connectivity index (χ1v) is 5.93. The van der Waals surface area contributed by atoms with Crippen LogP contribution in [-0.4, -0.2) is 37.4 Å². The maximum absolute atomic E-state index is 13.3. The number of ether oxygens (including phenoxy) is 1. The van der Waals surface area contributed by atoms with Crippen LogP contribution >= 0.6 is 0 Å². The maximum atomic E-state index is 13.3. The second-order valence-corrected chi connectivity index (χ2v) is 4.26. The first-order chi connectivity index (χ1) is 9.95. The zero-order valence-electron chi connectivity index (χ0n) is 11.0. The Balaban J connectivity index is 2.55. The molecule has 0 saturated heterocycles. The van der Waals surface area contributed by atoms with Gasteiger partial charge < -0.3 is 15.2 Å². The average Bonchev–Trinajstić information content (AvgIpc) is 2.42. The number of carbonyl (C=O) groups excluding carboxylic acids is 1. The number of rotatable bonds is 4. The molecule has 1 aromatic rings. The molecule has 0 fully saturated rings. The third-order valence-corrected chi connectivity index (χ3v) is 2.94. The topological polar surface area (TPSA) is 78.9 Å². The Morgan fingerprint density at radius 3 is 2.71 bits per heavy atom. The zero-order valence-corrected chi connectivity index (χ0v) is 11.0. The SMILES string of the molecule is COCC1=C(C(=O)O)CNC(=O)N1c1ccc(F)c(F)c1. The summed E-state index contributed by atoms with van der Waals surface area (Å²) in [5.41, 5.74) is -0.00200. The van der Waals surface area contributed by atoms with Crippen LogP contribution in [0.1, 0.15) is 0 Å². The molecule has 0 aliphatic carbocycles. The van der Waals surface area contributed by atoms with Gasteiger partial charge in [0, 0.05) is 13.2 Å². The molecule has 8 heteroatoms. The fourth-order valence-electron chi connectivity index (χ4n) is 1.99. The van der Waals surface area contributed by atoms with E-state index in [1.807, 2.05) is 0 Å². The number of carbonyl (C=O) groups is 2. The smallest absolute Gasteiger partial charge is 0.335 e. The molecule has 21 heavy (non-hydrogen) atoms. The van der Waals surface area contributed by atoms with E-state index in [4.69, 9.17) is 9.84 Å². The predicted octanol–water partition coefficient (Wildman–Crippen LogP) is 1.48. The van der Waals surface area contributed by atoms with Gasteiger partial charge in [0.2, 0.25) is 0 Å². The Hall–Kier alpha value is -2.48. The summed E-state index contributed by atoms with van der Waals surface area (Å²) in [7, 11) is 1.34. The van der Waals surface area contributed by atoms with Gasteiger partial charge in [-0.25, -0.2) is 18.4 Å². The largest absolute Gasteiger partial charge is 0.478 e. The lowest BCUT2D eigenvalue weighted by Crippen LogP contribution is -2.48. The molecule has 6 nitrogen and oxygen atoms in total. The lowest BCUT2D eigenvalue weighted by atomic mass is 10.1. The van der Waals surface area contributed by atoms with Gasteiger partial charge in [-0.3, -0.25) is 4.90 Å². The lowest BCUT2D eigenvalue weighted by molar-refractivity contribution is -0.132. The Morgan fingerprint density at radius 1 is 1.43 bits per heavy atom. The van der Waals surface area contributed by atoms with E-state index in [0.717, 1.165) is 17.0 Å². The fourth-order valence-corrected chi connectivity index (χ4v) is 1.99. The normalized spacial score (nSPS) is 15.2. The Bertz CT molecular complexity index is 631. The number of amides is 2. The molecular weight excluding hydrogens is 286 g/mol. The van der Waals surface area contributed by atoms with Gasteiger partial charge in [0.05, 0.1) is 30.1 Å². The number of anilines is 1. The molecule has 0 spiro atoms. The molecule has 0 unspecified atom stereocenters. The summed E-state index contributed by atoms with van der Waals surface area (Å²) in [6, 6.07) is 2.21. The summed E-state index contributed by atoms with van der Waals surface area (Å²) in [5, 5.41) is 11.5. The van der Waals surface area contributed by atoms with Crippen molar-refractivity contribution < 1.29 is 28.2 Å². The van der Waals surface area contributed by atoms with Crippen molar-refractivity contribution in [1.29, 1.82) is 0 Å². The van der Waals surface area contributed by atoms with Crippen molar-refractivity contribution >= 4 is 17.7 Å². The van der Waals surface area contributed by atoms with Crippen molar-refractivity contribution in [2.75, 3.05) is 25.2 Å². The van der Waals surface area contributed by atoms with Crippen LogP contribution in [-0.2, 0) is 9.53 Å². The van der Waals surface area contributed by atoms with Gasteiger partial charge in [0.1, 0.15) is 0 Å². The van der Waals surface area contributed by atoms with Gasteiger partial charge in [-0.1, -0.05) is 0 Å². The molecule has 0 radical (unpaired) electrons. The standard InChI is InChI=1S/C13H12F2N2O4/c1-21-6-11-8(12(18)19)5-16-13(20)17(11)7-2-3-9(14)10(15)4-7/h2-4H,5-6H2,1H3,(H,16,20)(H,18,19). The third-order valence-electron chi connectivity index (χ3n) is 2.94. The van der Waals surface area contributed by atoms with Crippen LogP contribution in [0.2, 0.25) is 0 Å². The van der Waals surface area contributed by atoms with E-state index in [2.05, 4.69) is 5.32 Å². The number of aliphatic carboxylic acids is 1. The van der Waals surface area contributed by atoms with Crippen LogP contribution < -0.4 is 10.2 Å².